The molecule has 1 atom stereocenters. The second-order valence-corrected chi connectivity index (χ2v) is 8.80. The number of benzene rings is 2. The van der Waals surface area contributed by atoms with Gasteiger partial charge in [0.2, 0.25) is 5.91 Å². The minimum atomic E-state index is -0.487. The predicted molar refractivity (Wildman–Crippen MR) is 127 cm³/mol. The van der Waals surface area contributed by atoms with Gasteiger partial charge in [0.15, 0.2) is 5.13 Å². The molecule has 1 aromatic heterocycles. The van der Waals surface area contributed by atoms with Gasteiger partial charge in [-0.25, -0.2) is 4.98 Å². The van der Waals surface area contributed by atoms with Gasteiger partial charge in [-0.05, 0) is 37.5 Å². The minimum absolute atomic E-state index is 0.0920. The van der Waals surface area contributed by atoms with E-state index in [0.717, 1.165) is 24.0 Å². The maximum atomic E-state index is 12.7. The summed E-state index contributed by atoms with van der Waals surface area (Å²) in [7, 11) is 0. The molecule has 0 spiro atoms. The van der Waals surface area contributed by atoms with Gasteiger partial charge in [0.05, 0.1) is 16.7 Å². The average molecular weight is 466 g/mol. The van der Waals surface area contributed by atoms with Crippen molar-refractivity contribution in [3.63, 3.8) is 0 Å². The van der Waals surface area contributed by atoms with Crippen LogP contribution in [0.5, 0.6) is 0 Å². The summed E-state index contributed by atoms with van der Waals surface area (Å²) in [5.74, 6) is -0.554. The van der Waals surface area contributed by atoms with Gasteiger partial charge < -0.3 is 10.6 Å². The standard InChI is InChI=1S/C23H23N5O4S/c1-13(24-14(2)29)15-3-5-16(6-4-15)20-12-33-23(26-20)27-22(30)17-7-10-19(25-18-8-9-18)21(11-17)28(31)32/h3-7,10-13,18,25H,8-9H2,1-2H3,(H,24,29)(H,26,27,30). The third kappa shape index (κ3) is 5.53. The van der Waals surface area contributed by atoms with Gasteiger partial charge in [0.1, 0.15) is 5.69 Å². The number of anilines is 2. The number of carbonyl (C=O) groups is 2. The van der Waals surface area contributed by atoms with Crippen LogP contribution >= 0.6 is 11.3 Å². The molecule has 170 valence electrons. The smallest absolute Gasteiger partial charge is 0.293 e. The first-order valence-corrected chi connectivity index (χ1v) is 11.4. The SMILES string of the molecule is CC(=O)NC(C)c1ccc(-c2csc(NC(=O)c3ccc(NC4CC4)c([N+](=O)[O-])c3)n2)cc1. The Morgan fingerprint density at radius 3 is 2.55 bits per heavy atom. The summed E-state index contributed by atoms with van der Waals surface area (Å²) in [6.07, 6.45) is 1.98. The Morgan fingerprint density at radius 1 is 1.18 bits per heavy atom. The van der Waals surface area contributed by atoms with Gasteiger partial charge in [-0.1, -0.05) is 24.3 Å². The number of nitrogens with one attached hydrogen (secondary N) is 3. The lowest BCUT2D eigenvalue weighted by Gasteiger charge is -2.13. The number of hydrogen-bond donors (Lipinski definition) is 3. The molecule has 1 aliphatic carbocycles. The van der Waals surface area contributed by atoms with Crippen molar-refractivity contribution in [1.82, 2.24) is 10.3 Å². The van der Waals surface area contributed by atoms with Gasteiger partial charge in [0.25, 0.3) is 11.6 Å². The molecule has 1 saturated carbocycles. The number of nitro groups is 1. The van der Waals surface area contributed by atoms with E-state index in [1.165, 1.54) is 24.3 Å². The maximum absolute atomic E-state index is 12.7. The molecular formula is C23H23N5O4S. The number of thiazole rings is 1. The Labute approximate surface area is 194 Å². The van der Waals surface area contributed by atoms with Crippen molar-refractivity contribution in [2.45, 2.75) is 38.8 Å². The number of amides is 2. The third-order valence-electron chi connectivity index (χ3n) is 5.24. The lowest BCUT2D eigenvalue weighted by Crippen LogP contribution is -2.23. The van der Waals surface area contributed by atoms with E-state index in [2.05, 4.69) is 20.9 Å². The van der Waals surface area contributed by atoms with E-state index in [-0.39, 0.29) is 29.2 Å². The zero-order valence-corrected chi connectivity index (χ0v) is 18.9. The summed E-state index contributed by atoms with van der Waals surface area (Å²) < 4.78 is 0. The van der Waals surface area contributed by atoms with Crippen molar-refractivity contribution >= 4 is 39.7 Å². The number of carbonyl (C=O) groups excluding carboxylic acids is 2. The first-order chi connectivity index (χ1) is 15.8. The highest BCUT2D eigenvalue weighted by Gasteiger charge is 2.25. The Kier molecular flexibility index (Phi) is 6.36. The molecule has 2 amide bonds. The topological polar surface area (TPSA) is 126 Å². The quantitative estimate of drug-likeness (QED) is 0.326. The van der Waals surface area contributed by atoms with E-state index in [4.69, 9.17) is 0 Å². The molecule has 0 saturated heterocycles. The van der Waals surface area contributed by atoms with Crippen LogP contribution in [0, 0.1) is 10.1 Å². The van der Waals surface area contributed by atoms with Crippen molar-refractivity contribution in [3.8, 4) is 11.3 Å². The maximum Gasteiger partial charge on any atom is 0.293 e. The molecule has 1 heterocycles. The fraction of sp³-hybridized carbons (Fsp3) is 0.261. The lowest BCUT2D eigenvalue weighted by atomic mass is 10.1. The van der Waals surface area contributed by atoms with E-state index in [1.807, 2.05) is 36.6 Å². The summed E-state index contributed by atoms with van der Waals surface area (Å²) in [5.41, 5.74) is 3.03. The molecule has 0 bridgehead atoms. The van der Waals surface area contributed by atoms with Gasteiger partial charge in [0, 0.05) is 35.5 Å². The molecule has 10 heteroatoms. The fourth-order valence-corrected chi connectivity index (χ4v) is 4.07. The van der Waals surface area contributed by atoms with Crippen molar-refractivity contribution in [2.24, 2.45) is 0 Å². The van der Waals surface area contributed by atoms with Crippen LogP contribution < -0.4 is 16.0 Å². The van der Waals surface area contributed by atoms with Crippen molar-refractivity contribution in [3.05, 3.63) is 69.1 Å². The number of nitrogens with zero attached hydrogens (tertiary/aromatic N) is 2. The molecule has 2 aromatic carbocycles. The minimum Gasteiger partial charge on any atom is -0.377 e. The molecule has 4 rings (SSSR count). The van der Waals surface area contributed by atoms with Crippen molar-refractivity contribution < 1.29 is 14.5 Å². The summed E-state index contributed by atoms with van der Waals surface area (Å²) >= 11 is 1.27. The van der Waals surface area contributed by atoms with Crippen LogP contribution in [0.4, 0.5) is 16.5 Å². The number of hydrogen-bond acceptors (Lipinski definition) is 7. The first kappa shape index (κ1) is 22.4. The van der Waals surface area contributed by atoms with Crippen molar-refractivity contribution in [2.75, 3.05) is 10.6 Å². The highest BCUT2D eigenvalue weighted by molar-refractivity contribution is 7.14. The summed E-state index contributed by atoms with van der Waals surface area (Å²) in [6.45, 7) is 3.39. The molecule has 0 radical (unpaired) electrons. The molecule has 1 unspecified atom stereocenters. The van der Waals surface area contributed by atoms with Gasteiger partial charge in [-0.3, -0.25) is 25.0 Å². The highest BCUT2D eigenvalue weighted by atomic mass is 32.1. The molecule has 33 heavy (non-hydrogen) atoms. The number of nitro benzene ring substituents is 1. The zero-order chi connectivity index (χ0) is 23.5. The first-order valence-electron chi connectivity index (χ1n) is 10.5. The normalized spacial score (nSPS) is 13.8. The van der Waals surface area contributed by atoms with Crippen molar-refractivity contribution in [1.29, 1.82) is 0 Å². The Morgan fingerprint density at radius 2 is 1.91 bits per heavy atom. The molecule has 1 aliphatic rings. The van der Waals surface area contributed by atoms with Crippen LogP contribution in [0.3, 0.4) is 0 Å². The summed E-state index contributed by atoms with van der Waals surface area (Å²) in [5, 5.41) is 22.3. The lowest BCUT2D eigenvalue weighted by molar-refractivity contribution is -0.384. The Bertz CT molecular complexity index is 1200. The molecule has 9 nitrogen and oxygen atoms in total. The van der Waals surface area contributed by atoms with Gasteiger partial charge >= 0.3 is 0 Å². The number of aromatic nitrogens is 1. The highest BCUT2D eigenvalue weighted by Crippen LogP contribution is 2.32. The molecule has 3 N–H and O–H groups in total. The van der Waals surface area contributed by atoms with Crippen LogP contribution in [-0.4, -0.2) is 27.8 Å². The summed E-state index contributed by atoms with van der Waals surface area (Å²) in [4.78, 5) is 39.3. The van der Waals surface area contributed by atoms with Crippen LogP contribution in [-0.2, 0) is 4.79 Å². The van der Waals surface area contributed by atoms with Crippen LogP contribution in [0.2, 0.25) is 0 Å². The fourth-order valence-electron chi connectivity index (χ4n) is 3.36. The van der Waals surface area contributed by atoms with Crippen LogP contribution in [0.15, 0.2) is 47.8 Å². The molecule has 1 fully saturated rings. The number of rotatable bonds is 8. The van der Waals surface area contributed by atoms with E-state index >= 15 is 0 Å². The van der Waals surface area contributed by atoms with Gasteiger partial charge in [-0.15, -0.1) is 11.3 Å². The van der Waals surface area contributed by atoms with Crippen LogP contribution in [0.25, 0.3) is 11.3 Å². The molecule has 3 aromatic rings. The molecule has 0 aliphatic heterocycles. The molecular weight excluding hydrogens is 442 g/mol. The second-order valence-electron chi connectivity index (χ2n) is 7.94. The average Bonchev–Trinajstić information content (AvgIpc) is 3.48. The van der Waals surface area contributed by atoms with E-state index < -0.39 is 10.8 Å². The van der Waals surface area contributed by atoms with E-state index in [1.54, 1.807) is 12.1 Å². The predicted octanol–water partition coefficient (Wildman–Crippen LogP) is 4.74. The van der Waals surface area contributed by atoms with E-state index in [9.17, 15) is 19.7 Å². The van der Waals surface area contributed by atoms with Gasteiger partial charge in [-0.2, -0.15) is 0 Å². The zero-order valence-electron chi connectivity index (χ0n) is 18.1. The van der Waals surface area contributed by atoms with E-state index in [0.29, 0.717) is 16.5 Å². The second kappa shape index (κ2) is 9.37. The summed E-state index contributed by atoms with van der Waals surface area (Å²) in [6, 6.07) is 12.2. The van der Waals surface area contributed by atoms with Crippen LogP contribution in [0.1, 0.15) is 48.7 Å². The Hall–Kier alpha value is -3.79. The monoisotopic (exact) mass is 465 g/mol. The third-order valence-corrected chi connectivity index (χ3v) is 6.00. The largest absolute Gasteiger partial charge is 0.377 e. The Balaban J connectivity index is 1.45.